The maximum Gasteiger partial charge on any atom is 0.306 e. The van der Waals surface area contributed by atoms with Crippen LogP contribution in [0.5, 0.6) is 5.75 Å². The number of benzene rings is 3. The van der Waals surface area contributed by atoms with E-state index in [-0.39, 0.29) is 102 Å². The van der Waals surface area contributed by atoms with Crippen LogP contribution in [0.15, 0.2) is 78.9 Å². The Hall–Kier alpha value is -5.59. The number of aliphatic hydroxyl groups excluding tert-OH is 3. The molecule has 1 heterocycles. The second-order valence-corrected chi connectivity index (χ2v) is 16.1. The minimum absolute atomic E-state index is 0.0905. The molecule has 0 saturated carbocycles. The number of nitrogens with one attached hydrogen (secondary N) is 4. The Bertz CT molecular complexity index is 2000. The third-order valence-electron chi connectivity index (χ3n) is 10.5. The second-order valence-electron chi connectivity index (χ2n) is 16.1. The number of aliphatic hydroxyl groups is 3. The van der Waals surface area contributed by atoms with Crippen LogP contribution in [-0.4, -0.2) is 181 Å². The number of carbonyl (C=O) groups is 5. The lowest BCUT2D eigenvalue weighted by Crippen LogP contribution is -2.57. The summed E-state index contributed by atoms with van der Waals surface area (Å²) in [6.07, 6.45) is -4.84. The Morgan fingerprint density at radius 3 is 1.83 bits per heavy atom. The molecule has 0 aromatic heterocycles. The molecule has 1 aliphatic rings. The average molecular weight is 999 g/mol. The Kier molecular flexibility index (Phi) is 28.3. The van der Waals surface area contributed by atoms with Crippen LogP contribution in [0.25, 0.3) is 11.1 Å². The van der Waals surface area contributed by atoms with E-state index in [0.29, 0.717) is 77.1 Å². The molecule has 0 radical (unpaired) electrons. The van der Waals surface area contributed by atoms with Gasteiger partial charge < -0.3 is 79.2 Å². The van der Waals surface area contributed by atoms with Gasteiger partial charge >= 0.3 is 5.97 Å². The third-order valence-corrected chi connectivity index (χ3v) is 10.5. The fourth-order valence-electron chi connectivity index (χ4n) is 6.57. The highest BCUT2D eigenvalue weighted by molar-refractivity contribution is 5.95. The summed E-state index contributed by atoms with van der Waals surface area (Å²) < 4.78 is 48.8. The molecule has 5 atom stereocenters. The predicted octanol–water partition coefficient (Wildman–Crippen LogP) is 1.04. The van der Waals surface area contributed by atoms with Crippen molar-refractivity contribution in [2.75, 3.05) is 105 Å². The first-order valence-corrected chi connectivity index (χ1v) is 23.8. The average Bonchev–Trinajstić information content (AvgIpc) is 3.38. The first-order chi connectivity index (χ1) is 34.5. The van der Waals surface area contributed by atoms with Crippen molar-refractivity contribution < 1.29 is 81.9 Å². The minimum Gasteiger partial charge on any atom is -0.484 e. The SMILES string of the molecule is C[C@@H]1O[C@@H](OCCOCCNC(=O)CCOCCOCCOCCOCCNC(=O)COc2ccc(-c3cccc(C(=O)NCCNC(=O)CCCC(=O)OCc4ccccc4)c3)cc2)[C@H](O)[C@H](O)[C@H]1O. The van der Waals surface area contributed by atoms with Crippen LogP contribution in [0, 0.1) is 0 Å². The third kappa shape index (κ3) is 24.4. The van der Waals surface area contributed by atoms with E-state index in [1.807, 2.05) is 48.5 Å². The standard InChI is InChI=1S/C50H70N4O17/c1-36-46(59)47(60)48(61)50(71-36)68-32-31-65-23-20-52-43(56)17-22-63-25-27-66-29-30-67-28-26-64-24-21-53-44(57)35-69-41-15-13-38(14-16-41)39-9-5-10-40(33-39)49(62)54-19-18-51-42(55)11-6-12-45(58)70-34-37-7-3-2-4-8-37/h2-5,7-10,13-16,33,36,46-48,50,59-61H,6,11-12,17-32,34-35H2,1H3,(H,51,55)(H,52,56)(H,53,57)(H,54,62)/t36-,46-,47+,48+,50+/m0/s1. The molecule has 3 aromatic rings. The van der Waals surface area contributed by atoms with Gasteiger partial charge in [0.1, 0.15) is 30.7 Å². The Balaban J connectivity index is 0.900. The van der Waals surface area contributed by atoms with Gasteiger partial charge in [0.2, 0.25) is 11.8 Å². The van der Waals surface area contributed by atoms with E-state index in [1.165, 1.54) is 0 Å². The molecule has 3 aromatic carbocycles. The van der Waals surface area contributed by atoms with Crippen molar-refractivity contribution in [2.24, 2.45) is 0 Å². The normalized spacial score (nSPS) is 17.5. The van der Waals surface area contributed by atoms with Gasteiger partial charge in [0.15, 0.2) is 12.9 Å². The highest BCUT2D eigenvalue weighted by Gasteiger charge is 2.42. The van der Waals surface area contributed by atoms with Crippen molar-refractivity contribution in [3.8, 4) is 16.9 Å². The Labute approximate surface area is 414 Å². The maximum atomic E-state index is 12.8. The molecule has 0 aliphatic carbocycles. The summed E-state index contributed by atoms with van der Waals surface area (Å²) >= 11 is 0. The molecule has 21 heteroatoms. The Morgan fingerprint density at radius 2 is 1.14 bits per heavy atom. The molecule has 4 rings (SSSR count). The van der Waals surface area contributed by atoms with Gasteiger partial charge in [-0.3, -0.25) is 24.0 Å². The number of hydrogen-bond donors (Lipinski definition) is 7. The molecule has 71 heavy (non-hydrogen) atoms. The van der Waals surface area contributed by atoms with E-state index in [9.17, 15) is 39.3 Å². The number of hydrogen-bond acceptors (Lipinski definition) is 17. The predicted molar refractivity (Wildman–Crippen MR) is 256 cm³/mol. The van der Waals surface area contributed by atoms with Crippen LogP contribution >= 0.6 is 0 Å². The maximum absolute atomic E-state index is 12.8. The number of carbonyl (C=O) groups excluding carboxylic acids is 5. The number of rotatable bonds is 36. The summed E-state index contributed by atoms with van der Waals surface area (Å²) in [6.45, 7) is 5.82. The van der Waals surface area contributed by atoms with Gasteiger partial charge in [-0.15, -0.1) is 0 Å². The number of esters is 1. The van der Waals surface area contributed by atoms with Gasteiger partial charge in [0.05, 0.1) is 78.8 Å². The minimum atomic E-state index is -1.37. The zero-order valence-corrected chi connectivity index (χ0v) is 40.3. The first-order valence-electron chi connectivity index (χ1n) is 23.8. The molecule has 7 N–H and O–H groups in total. The number of ether oxygens (including phenoxy) is 9. The summed E-state index contributed by atoms with van der Waals surface area (Å²) in [5, 5.41) is 40.5. The highest BCUT2D eigenvalue weighted by atomic mass is 16.7. The van der Waals surface area contributed by atoms with Crippen LogP contribution in [0.4, 0.5) is 0 Å². The van der Waals surface area contributed by atoms with Crippen LogP contribution in [-0.2, 0) is 63.7 Å². The summed E-state index contributed by atoms with van der Waals surface area (Å²) in [4.78, 5) is 61.2. The van der Waals surface area contributed by atoms with Crippen molar-refractivity contribution >= 4 is 29.6 Å². The second kappa shape index (κ2) is 34.7. The molecule has 21 nitrogen and oxygen atoms in total. The van der Waals surface area contributed by atoms with Crippen molar-refractivity contribution in [2.45, 2.75) is 69.9 Å². The summed E-state index contributed by atoms with van der Waals surface area (Å²) in [5.41, 5.74) is 3.02. The molecule has 1 aliphatic heterocycles. The Morgan fingerprint density at radius 1 is 0.549 bits per heavy atom. The zero-order chi connectivity index (χ0) is 50.9. The highest BCUT2D eigenvalue weighted by Crippen LogP contribution is 2.24. The summed E-state index contributed by atoms with van der Waals surface area (Å²) in [7, 11) is 0. The molecule has 392 valence electrons. The van der Waals surface area contributed by atoms with Crippen LogP contribution < -0.4 is 26.0 Å². The number of amides is 4. The van der Waals surface area contributed by atoms with Gasteiger partial charge in [-0.2, -0.15) is 0 Å². The van der Waals surface area contributed by atoms with Gasteiger partial charge in [0.25, 0.3) is 11.8 Å². The lowest BCUT2D eigenvalue weighted by molar-refractivity contribution is -0.294. The van der Waals surface area contributed by atoms with Crippen LogP contribution in [0.3, 0.4) is 0 Å². The lowest BCUT2D eigenvalue weighted by Gasteiger charge is -2.38. The van der Waals surface area contributed by atoms with E-state index in [0.717, 1.165) is 16.7 Å². The van der Waals surface area contributed by atoms with Gasteiger partial charge in [0, 0.05) is 51.0 Å². The molecule has 4 amide bonds. The molecular formula is C50H70N4O17. The largest absolute Gasteiger partial charge is 0.484 e. The van der Waals surface area contributed by atoms with E-state index < -0.39 is 30.7 Å². The zero-order valence-electron chi connectivity index (χ0n) is 40.3. The van der Waals surface area contributed by atoms with Crippen LogP contribution in [0.2, 0.25) is 0 Å². The first kappa shape index (κ1) is 58.0. The molecule has 0 spiro atoms. The van der Waals surface area contributed by atoms with E-state index in [1.54, 1.807) is 37.3 Å². The van der Waals surface area contributed by atoms with Gasteiger partial charge in [-0.25, -0.2) is 0 Å². The van der Waals surface area contributed by atoms with E-state index >= 15 is 0 Å². The summed E-state index contributed by atoms with van der Waals surface area (Å²) in [6, 6.07) is 23.6. The smallest absolute Gasteiger partial charge is 0.306 e. The molecular weight excluding hydrogens is 929 g/mol. The van der Waals surface area contributed by atoms with Gasteiger partial charge in [-0.1, -0.05) is 54.6 Å². The lowest BCUT2D eigenvalue weighted by atomic mass is 10.0. The molecule has 1 fully saturated rings. The van der Waals surface area contributed by atoms with Crippen LogP contribution in [0.1, 0.15) is 48.5 Å². The molecule has 0 unspecified atom stereocenters. The van der Waals surface area contributed by atoms with Gasteiger partial charge in [-0.05, 0) is 54.3 Å². The van der Waals surface area contributed by atoms with Crippen molar-refractivity contribution in [1.29, 1.82) is 0 Å². The fraction of sp³-hybridized carbons (Fsp3) is 0.540. The van der Waals surface area contributed by atoms with Crippen molar-refractivity contribution in [1.82, 2.24) is 21.3 Å². The van der Waals surface area contributed by atoms with Crippen molar-refractivity contribution in [3.05, 3.63) is 90.0 Å². The fourth-order valence-corrected chi connectivity index (χ4v) is 6.57. The molecule has 1 saturated heterocycles. The molecule has 0 bridgehead atoms. The quantitative estimate of drug-likeness (QED) is 0.0317. The topological polar surface area (TPSA) is 277 Å². The summed E-state index contributed by atoms with van der Waals surface area (Å²) in [5.74, 6) is -0.843. The van der Waals surface area contributed by atoms with E-state index in [4.69, 9.17) is 42.6 Å². The van der Waals surface area contributed by atoms with Crippen molar-refractivity contribution in [3.63, 3.8) is 0 Å². The monoisotopic (exact) mass is 998 g/mol. The van der Waals surface area contributed by atoms with E-state index in [2.05, 4.69) is 21.3 Å².